The molecule has 2 aliphatic rings. The van der Waals surface area contributed by atoms with E-state index in [-0.39, 0.29) is 11.4 Å². The zero-order valence-electron chi connectivity index (χ0n) is 18.1. The van der Waals surface area contributed by atoms with Gasteiger partial charge in [-0.2, -0.15) is 0 Å². The Bertz CT molecular complexity index is 1060. The molecule has 0 bridgehead atoms. The SMILES string of the molecule is C=C(C)[C@@H]1CC=C(CN2CCc3nnc(CNS(=O)(=O)c4ccccc4)n3CC2)CC1. The van der Waals surface area contributed by atoms with E-state index in [9.17, 15) is 8.42 Å². The Morgan fingerprint density at radius 1 is 1.16 bits per heavy atom. The first-order chi connectivity index (χ1) is 14.9. The molecular formula is C23H31N5O2S. The smallest absolute Gasteiger partial charge is 0.240 e. The number of allylic oxidation sites excluding steroid dienone is 2. The van der Waals surface area contributed by atoms with E-state index < -0.39 is 10.0 Å². The van der Waals surface area contributed by atoms with Gasteiger partial charge in [-0.1, -0.05) is 42.0 Å². The molecule has 0 fully saturated rings. The lowest BCUT2D eigenvalue weighted by Gasteiger charge is -2.26. The van der Waals surface area contributed by atoms with Gasteiger partial charge in [-0.25, -0.2) is 13.1 Å². The molecule has 1 aromatic heterocycles. The second kappa shape index (κ2) is 9.46. The van der Waals surface area contributed by atoms with Crippen LogP contribution in [0, 0.1) is 5.92 Å². The van der Waals surface area contributed by atoms with Crippen molar-refractivity contribution in [2.24, 2.45) is 5.92 Å². The minimum atomic E-state index is -3.57. The van der Waals surface area contributed by atoms with Crippen LogP contribution >= 0.6 is 0 Å². The van der Waals surface area contributed by atoms with Gasteiger partial charge in [0.15, 0.2) is 0 Å². The van der Waals surface area contributed by atoms with E-state index >= 15 is 0 Å². The highest BCUT2D eigenvalue weighted by Gasteiger charge is 2.22. The van der Waals surface area contributed by atoms with E-state index in [0.29, 0.717) is 11.7 Å². The molecule has 2 heterocycles. The lowest BCUT2D eigenvalue weighted by atomic mass is 9.85. The Labute approximate surface area is 184 Å². The molecular weight excluding hydrogens is 410 g/mol. The Morgan fingerprint density at radius 2 is 1.97 bits per heavy atom. The largest absolute Gasteiger partial charge is 0.313 e. The number of fused-ring (bicyclic) bond motifs is 1. The molecule has 1 atom stereocenters. The van der Waals surface area contributed by atoms with E-state index in [1.165, 1.54) is 17.6 Å². The van der Waals surface area contributed by atoms with Crippen molar-refractivity contribution in [1.29, 1.82) is 0 Å². The third kappa shape index (κ3) is 5.31. The second-order valence-corrected chi connectivity index (χ2v) is 10.3. The first kappa shape index (κ1) is 21.9. The zero-order chi connectivity index (χ0) is 21.8. The normalized spacial score (nSPS) is 20.0. The summed E-state index contributed by atoms with van der Waals surface area (Å²) >= 11 is 0. The fourth-order valence-electron chi connectivity index (χ4n) is 4.33. The lowest BCUT2D eigenvalue weighted by molar-refractivity contribution is 0.294. The molecule has 0 unspecified atom stereocenters. The van der Waals surface area contributed by atoms with E-state index in [4.69, 9.17) is 0 Å². The summed E-state index contributed by atoms with van der Waals surface area (Å²) in [6.45, 7) is 9.99. The van der Waals surface area contributed by atoms with E-state index in [1.807, 2.05) is 0 Å². The van der Waals surface area contributed by atoms with Gasteiger partial charge in [0, 0.05) is 32.6 Å². The predicted molar refractivity (Wildman–Crippen MR) is 121 cm³/mol. The molecule has 0 saturated carbocycles. The Morgan fingerprint density at radius 3 is 2.68 bits per heavy atom. The number of rotatable bonds is 7. The molecule has 166 valence electrons. The third-order valence-electron chi connectivity index (χ3n) is 6.30. The van der Waals surface area contributed by atoms with E-state index in [2.05, 4.69) is 44.0 Å². The summed E-state index contributed by atoms with van der Waals surface area (Å²) in [5.74, 6) is 2.22. The van der Waals surface area contributed by atoms with Crippen molar-refractivity contribution in [2.45, 2.75) is 50.6 Å². The zero-order valence-corrected chi connectivity index (χ0v) is 18.9. The van der Waals surface area contributed by atoms with Crippen LogP contribution in [0.25, 0.3) is 0 Å². The maximum absolute atomic E-state index is 12.5. The maximum Gasteiger partial charge on any atom is 0.240 e. The maximum atomic E-state index is 12.5. The van der Waals surface area contributed by atoms with E-state index in [0.717, 1.165) is 51.3 Å². The van der Waals surface area contributed by atoms with Crippen LogP contribution in [0.2, 0.25) is 0 Å². The molecule has 31 heavy (non-hydrogen) atoms. The summed E-state index contributed by atoms with van der Waals surface area (Å²) < 4.78 is 29.8. The van der Waals surface area contributed by atoms with Crippen LogP contribution in [0.4, 0.5) is 0 Å². The number of benzene rings is 1. The average Bonchev–Trinajstić information content (AvgIpc) is 3.06. The van der Waals surface area contributed by atoms with Gasteiger partial charge in [0.05, 0.1) is 11.4 Å². The van der Waals surface area contributed by atoms with Crippen LogP contribution in [0.5, 0.6) is 0 Å². The highest BCUT2D eigenvalue weighted by atomic mass is 32.2. The number of sulfonamides is 1. The fraction of sp³-hybridized carbons (Fsp3) is 0.478. The van der Waals surface area contributed by atoms with Gasteiger partial charge < -0.3 is 4.57 Å². The number of nitrogens with one attached hydrogen (secondary N) is 1. The van der Waals surface area contributed by atoms with Gasteiger partial charge in [0.2, 0.25) is 10.0 Å². The molecule has 7 nitrogen and oxygen atoms in total. The average molecular weight is 442 g/mol. The first-order valence-electron chi connectivity index (χ1n) is 10.9. The molecule has 0 amide bonds. The highest BCUT2D eigenvalue weighted by Crippen LogP contribution is 2.28. The first-order valence-corrected chi connectivity index (χ1v) is 12.4. The summed E-state index contributed by atoms with van der Waals surface area (Å²) in [4.78, 5) is 2.73. The van der Waals surface area contributed by atoms with Crippen LogP contribution < -0.4 is 4.72 Å². The van der Waals surface area contributed by atoms with Crippen LogP contribution in [-0.2, 0) is 29.5 Å². The monoisotopic (exact) mass is 441 g/mol. The van der Waals surface area contributed by atoms with Crippen LogP contribution in [0.3, 0.4) is 0 Å². The van der Waals surface area contributed by atoms with Crippen LogP contribution in [-0.4, -0.2) is 47.7 Å². The minimum absolute atomic E-state index is 0.137. The summed E-state index contributed by atoms with van der Waals surface area (Å²) in [6.07, 6.45) is 6.67. The van der Waals surface area contributed by atoms with Crippen LogP contribution in [0.1, 0.15) is 37.8 Å². The number of hydrogen-bond donors (Lipinski definition) is 1. The molecule has 0 saturated heterocycles. The Kier molecular flexibility index (Phi) is 6.69. The third-order valence-corrected chi connectivity index (χ3v) is 7.72. The quantitative estimate of drug-likeness (QED) is 0.669. The summed E-state index contributed by atoms with van der Waals surface area (Å²) in [7, 11) is -3.57. The topological polar surface area (TPSA) is 80.1 Å². The van der Waals surface area contributed by atoms with Gasteiger partial charge in [-0.3, -0.25) is 4.90 Å². The molecule has 1 N–H and O–H groups in total. The summed E-state index contributed by atoms with van der Waals surface area (Å²) in [5.41, 5.74) is 2.81. The number of hydrogen-bond acceptors (Lipinski definition) is 5. The van der Waals surface area contributed by atoms with Gasteiger partial charge in [-0.05, 0) is 44.2 Å². The minimum Gasteiger partial charge on any atom is -0.313 e. The fourth-order valence-corrected chi connectivity index (χ4v) is 5.33. The number of nitrogens with zero attached hydrogens (tertiary/aromatic N) is 4. The summed E-state index contributed by atoms with van der Waals surface area (Å²) in [5, 5.41) is 8.58. The van der Waals surface area contributed by atoms with Crippen molar-refractivity contribution in [3.05, 3.63) is 65.8 Å². The molecule has 1 aliphatic carbocycles. The molecule has 0 radical (unpaired) electrons. The molecule has 1 aromatic carbocycles. The van der Waals surface area contributed by atoms with Crippen molar-refractivity contribution in [1.82, 2.24) is 24.4 Å². The predicted octanol–water partition coefficient (Wildman–Crippen LogP) is 2.92. The second-order valence-electron chi connectivity index (χ2n) is 8.53. The highest BCUT2D eigenvalue weighted by molar-refractivity contribution is 7.89. The van der Waals surface area contributed by atoms with E-state index in [1.54, 1.807) is 30.3 Å². The van der Waals surface area contributed by atoms with Gasteiger partial charge in [-0.15, -0.1) is 10.2 Å². The van der Waals surface area contributed by atoms with Crippen molar-refractivity contribution < 1.29 is 8.42 Å². The van der Waals surface area contributed by atoms with Crippen molar-refractivity contribution in [3.8, 4) is 0 Å². The van der Waals surface area contributed by atoms with Gasteiger partial charge >= 0.3 is 0 Å². The molecule has 2 aromatic rings. The van der Waals surface area contributed by atoms with Gasteiger partial charge in [0.25, 0.3) is 0 Å². The lowest BCUT2D eigenvalue weighted by Crippen LogP contribution is -2.30. The molecule has 4 rings (SSSR count). The van der Waals surface area contributed by atoms with Crippen molar-refractivity contribution >= 4 is 10.0 Å². The standard InChI is InChI=1S/C23H31N5O2S/c1-18(2)20-10-8-19(9-11-20)17-27-13-12-22-25-26-23(28(22)15-14-27)16-24-31(29,30)21-6-4-3-5-7-21/h3-8,20,24H,1,9-17H2,2H3/t20-/m1/s1. The van der Waals surface area contributed by atoms with Crippen molar-refractivity contribution in [3.63, 3.8) is 0 Å². The van der Waals surface area contributed by atoms with Crippen LogP contribution in [0.15, 0.2) is 59.0 Å². The molecule has 1 aliphatic heterocycles. The molecule has 8 heteroatoms. The number of aromatic nitrogens is 3. The van der Waals surface area contributed by atoms with Crippen molar-refractivity contribution in [2.75, 3.05) is 19.6 Å². The van der Waals surface area contributed by atoms with Gasteiger partial charge in [0.1, 0.15) is 11.6 Å². The Hall–Kier alpha value is -2.29. The summed E-state index contributed by atoms with van der Waals surface area (Å²) in [6, 6.07) is 8.40. The Balaban J connectivity index is 1.35. The molecule has 0 spiro atoms.